The average molecular weight is 682 g/mol. The molecule has 0 aliphatic rings. The van der Waals surface area contributed by atoms with Gasteiger partial charge in [-0.25, -0.2) is 24.3 Å². The summed E-state index contributed by atoms with van der Waals surface area (Å²) in [4.78, 5) is 24.4. The molecule has 0 radical (unpaired) electrons. The van der Waals surface area contributed by atoms with E-state index in [1.165, 1.54) is 12.1 Å². The van der Waals surface area contributed by atoms with Crippen molar-refractivity contribution in [1.82, 2.24) is 24.9 Å². The predicted octanol–water partition coefficient (Wildman–Crippen LogP) is 11.7. The topological polar surface area (TPSA) is 64.5 Å². The Morgan fingerprint density at radius 3 is 1.60 bits per heavy atom. The Morgan fingerprint density at radius 2 is 0.925 bits per heavy atom. The molecular weight excluding hydrogens is 654 g/mol. The first kappa shape index (κ1) is 30.6. The number of halogens is 1. The molecule has 6 heteroatoms. The molecule has 0 fully saturated rings. The van der Waals surface area contributed by atoms with Gasteiger partial charge in [0.25, 0.3) is 0 Å². The summed E-state index contributed by atoms with van der Waals surface area (Å²) in [5, 5.41) is 4.94. The number of rotatable bonds is 5. The summed E-state index contributed by atoms with van der Waals surface area (Å²) in [6.45, 7) is 0. The second kappa shape index (κ2) is 12.5. The van der Waals surface area contributed by atoms with E-state index in [1.807, 2.05) is 72.8 Å². The van der Waals surface area contributed by atoms with Gasteiger partial charge in [0.1, 0.15) is 5.82 Å². The van der Waals surface area contributed by atoms with Gasteiger partial charge in [-0.3, -0.25) is 4.98 Å². The van der Waals surface area contributed by atoms with Gasteiger partial charge in [0.2, 0.25) is 0 Å². The largest absolute Gasteiger partial charge is 0.254 e. The summed E-state index contributed by atoms with van der Waals surface area (Å²) in [6.07, 6.45) is 1.80. The highest BCUT2D eigenvalue weighted by atomic mass is 19.1. The first-order valence-corrected chi connectivity index (χ1v) is 17.4. The standard InChI is InChI=1S/C47H28FN5/c48-35-21-24-42-33(27-35)26-34-28-41(40-16-9-25-49-44(40)43(34)50-42)39-23-22-36(37-14-7-8-15-38(37)39)29-17-19-32(20-18-29)47-52-45(30-10-3-1-4-11-30)51-46(53-47)31-12-5-2-6-13-31/h1-28H. The second-order valence-electron chi connectivity index (χ2n) is 13.0. The third-order valence-corrected chi connectivity index (χ3v) is 9.80. The van der Waals surface area contributed by atoms with Crippen molar-refractivity contribution in [2.24, 2.45) is 0 Å². The molecule has 0 atom stereocenters. The van der Waals surface area contributed by atoms with Crippen molar-refractivity contribution in [1.29, 1.82) is 0 Å². The van der Waals surface area contributed by atoms with Gasteiger partial charge >= 0.3 is 0 Å². The summed E-state index contributed by atoms with van der Waals surface area (Å²) in [7, 11) is 0. The lowest BCUT2D eigenvalue weighted by Crippen LogP contribution is -2.00. The van der Waals surface area contributed by atoms with Crippen LogP contribution in [0.15, 0.2) is 170 Å². The van der Waals surface area contributed by atoms with Crippen molar-refractivity contribution in [3.63, 3.8) is 0 Å². The Labute approximate surface area is 304 Å². The summed E-state index contributed by atoms with van der Waals surface area (Å²) >= 11 is 0. The highest BCUT2D eigenvalue weighted by Gasteiger charge is 2.17. The lowest BCUT2D eigenvalue weighted by atomic mass is 9.89. The van der Waals surface area contributed by atoms with E-state index in [9.17, 15) is 4.39 Å². The molecule has 5 nitrogen and oxygen atoms in total. The second-order valence-corrected chi connectivity index (χ2v) is 13.0. The number of aromatic nitrogens is 5. The Morgan fingerprint density at radius 1 is 0.358 bits per heavy atom. The van der Waals surface area contributed by atoms with E-state index in [-0.39, 0.29) is 5.82 Å². The Balaban J connectivity index is 1.09. The first-order valence-electron chi connectivity index (χ1n) is 17.4. The van der Waals surface area contributed by atoms with Gasteiger partial charge in [-0.05, 0) is 69.4 Å². The summed E-state index contributed by atoms with van der Waals surface area (Å²) < 4.78 is 14.2. The van der Waals surface area contributed by atoms with Gasteiger partial charge in [-0.1, -0.05) is 127 Å². The van der Waals surface area contributed by atoms with E-state index in [0.29, 0.717) is 17.5 Å². The predicted molar refractivity (Wildman–Crippen MR) is 213 cm³/mol. The maximum Gasteiger partial charge on any atom is 0.164 e. The molecule has 248 valence electrons. The van der Waals surface area contributed by atoms with Crippen LogP contribution in [-0.2, 0) is 0 Å². The zero-order chi connectivity index (χ0) is 35.3. The number of benzene rings is 7. The lowest BCUT2D eigenvalue weighted by Gasteiger charge is -2.15. The molecule has 0 aliphatic heterocycles. The van der Waals surface area contributed by atoms with Crippen LogP contribution in [0.3, 0.4) is 0 Å². The number of hydrogen-bond acceptors (Lipinski definition) is 5. The van der Waals surface area contributed by atoms with E-state index in [4.69, 9.17) is 24.9 Å². The van der Waals surface area contributed by atoms with Crippen LogP contribution in [0.25, 0.3) is 99.9 Å². The van der Waals surface area contributed by atoms with Gasteiger partial charge in [-0.2, -0.15) is 0 Å². The van der Waals surface area contributed by atoms with Gasteiger partial charge in [0, 0.05) is 39.0 Å². The van der Waals surface area contributed by atoms with Crippen LogP contribution in [0.1, 0.15) is 0 Å². The summed E-state index contributed by atoms with van der Waals surface area (Å²) in [6, 6.07) is 54.3. The van der Waals surface area contributed by atoms with Crippen LogP contribution in [0.4, 0.5) is 4.39 Å². The van der Waals surface area contributed by atoms with Crippen LogP contribution in [0.2, 0.25) is 0 Å². The highest BCUT2D eigenvalue weighted by Crippen LogP contribution is 2.41. The quantitative estimate of drug-likeness (QED) is 0.134. The number of hydrogen-bond donors (Lipinski definition) is 0. The maximum absolute atomic E-state index is 14.2. The smallest absolute Gasteiger partial charge is 0.164 e. The molecule has 53 heavy (non-hydrogen) atoms. The molecule has 3 aromatic heterocycles. The maximum atomic E-state index is 14.2. The zero-order valence-corrected chi connectivity index (χ0v) is 28.3. The van der Waals surface area contributed by atoms with Crippen molar-refractivity contribution in [2.45, 2.75) is 0 Å². The minimum absolute atomic E-state index is 0.283. The first-order chi connectivity index (χ1) is 26.2. The van der Waals surface area contributed by atoms with Crippen LogP contribution in [-0.4, -0.2) is 24.9 Å². The normalized spacial score (nSPS) is 11.5. The highest BCUT2D eigenvalue weighted by molar-refractivity contribution is 6.16. The monoisotopic (exact) mass is 681 g/mol. The molecule has 10 rings (SSSR count). The van der Waals surface area contributed by atoms with E-state index >= 15 is 0 Å². The van der Waals surface area contributed by atoms with Crippen molar-refractivity contribution >= 4 is 43.5 Å². The van der Waals surface area contributed by atoms with E-state index in [1.54, 1.807) is 12.3 Å². The van der Waals surface area contributed by atoms with E-state index in [2.05, 4.69) is 72.8 Å². The molecule has 0 bridgehead atoms. The summed E-state index contributed by atoms with van der Waals surface area (Å²) in [5.74, 6) is 1.60. The van der Waals surface area contributed by atoms with Gasteiger partial charge in [-0.15, -0.1) is 0 Å². The fraction of sp³-hybridized carbons (Fsp3) is 0. The molecule has 3 heterocycles. The van der Waals surface area contributed by atoms with Crippen LogP contribution in [0, 0.1) is 5.82 Å². The SMILES string of the molecule is Fc1ccc2nc3c(cc(-c4ccc(-c5ccc(-c6nc(-c7ccccc7)nc(-c7ccccc7)n6)cc5)c5ccccc45)c4cccnc43)cc2c1. The Kier molecular flexibility index (Phi) is 7.25. The fourth-order valence-electron chi connectivity index (χ4n) is 7.25. The fourth-order valence-corrected chi connectivity index (χ4v) is 7.25. The molecular formula is C47H28FN5. The zero-order valence-electron chi connectivity index (χ0n) is 28.3. The third-order valence-electron chi connectivity index (χ3n) is 9.80. The van der Waals surface area contributed by atoms with Crippen LogP contribution >= 0.6 is 0 Å². The minimum Gasteiger partial charge on any atom is -0.254 e. The Hall–Kier alpha value is -7.18. The van der Waals surface area contributed by atoms with Crippen LogP contribution in [0.5, 0.6) is 0 Å². The van der Waals surface area contributed by atoms with Gasteiger partial charge in [0.15, 0.2) is 17.5 Å². The van der Waals surface area contributed by atoms with Crippen molar-refractivity contribution in [3.8, 4) is 56.4 Å². The Bertz CT molecular complexity index is 2940. The van der Waals surface area contributed by atoms with E-state index in [0.717, 1.165) is 82.4 Å². The number of fused-ring (bicyclic) bond motifs is 5. The molecule has 0 amide bonds. The molecule has 0 aliphatic carbocycles. The van der Waals surface area contributed by atoms with Crippen molar-refractivity contribution in [2.75, 3.05) is 0 Å². The van der Waals surface area contributed by atoms with E-state index < -0.39 is 0 Å². The minimum atomic E-state index is -0.283. The van der Waals surface area contributed by atoms with Gasteiger partial charge < -0.3 is 0 Å². The molecule has 0 spiro atoms. The molecule has 0 N–H and O–H groups in total. The van der Waals surface area contributed by atoms with Gasteiger partial charge in [0.05, 0.1) is 16.6 Å². The van der Waals surface area contributed by atoms with Crippen LogP contribution < -0.4 is 0 Å². The average Bonchev–Trinajstić information content (AvgIpc) is 3.23. The molecule has 7 aromatic carbocycles. The molecule has 10 aromatic rings. The molecule has 0 unspecified atom stereocenters. The summed E-state index contributed by atoms with van der Waals surface area (Å²) in [5.41, 5.74) is 9.48. The number of nitrogens with zero attached hydrogens (tertiary/aromatic N) is 5. The lowest BCUT2D eigenvalue weighted by molar-refractivity contribution is 0.629. The molecule has 0 saturated carbocycles. The molecule has 0 saturated heterocycles. The third kappa shape index (κ3) is 5.45. The van der Waals surface area contributed by atoms with Crippen molar-refractivity contribution < 1.29 is 4.39 Å². The van der Waals surface area contributed by atoms with Crippen molar-refractivity contribution in [3.05, 3.63) is 176 Å². The number of pyridine rings is 2.